The standard InChI is InChI=1S/C29H30N8O/c1-37(17-15-23-14-8-9-16-30-23)29(38)32-19-25-35-27(26-28(36-25)34-20-33-26)31-18-24(21-10-4-2-5-11-21)22-12-6-3-7-13-22/h2-14,16,20,24H,15,17-19H2,1H3,(H,32,38)(H2,31,33,34,35,36). The molecule has 0 atom stereocenters. The summed E-state index contributed by atoms with van der Waals surface area (Å²) in [6.45, 7) is 1.36. The van der Waals surface area contributed by atoms with Gasteiger partial charge in [-0.3, -0.25) is 4.98 Å². The SMILES string of the molecule is CN(CCc1ccccn1)C(=O)NCc1nc(NCC(c2ccccc2)c2ccccc2)c2nc[nH]c2n1. The number of hydrogen-bond acceptors (Lipinski definition) is 6. The number of likely N-dealkylation sites (N-methyl/N-ethyl adjacent to an activating group) is 1. The van der Waals surface area contributed by atoms with Crippen molar-refractivity contribution in [3.8, 4) is 0 Å². The van der Waals surface area contributed by atoms with E-state index >= 15 is 0 Å². The number of carbonyl (C=O) groups is 1. The predicted molar refractivity (Wildman–Crippen MR) is 148 cm³/mol. The van der Waals surface area contributed by atoms with Crippen molar-refractivity contribution in [2.45, 2.75) is 18.9 Å². The molecule has 3 N–H and O–H groups in total. The van der Waals surface area contributed by atoms with Gasteiger partial charge in [-0.1, -0.05) is 66.7 Å². The summed E-state index contributed by atoms with van der Waals surface area (Å²) < 4.78 is 0. The number of fused-ring (bicyclic) bond motifs is 1. The van der Waals surface area contributed by atoms with Crippen molar-refractivity contribution in [2.75, 3.05) is 25.5 Å². The number of urea groups is 1. The molecule has 0 fully saturated rings. The third-order valence-electron chi connectivity index (χ3n) is 6.38. The fourth-order valence-corrected chi connectivity index (χ4v) is 4.30. The van der Waals surface area contributed by atoms with Gasteiger partial charge in [0.2, 0.25) is 0 Å². The minimum absolute atomic E-state index is 0.122. The number of carbonyl (C=O) groups excluding carboxylic acids is 1. The summed E-state index contributed by atoms with van der Waals surface area (Å²) in [5.74, 6) is 1.24. The van der Waals surface area contributed by atoms with Crippen molar-refractivity contribution >= 4 is 23.0 Å². The van der Waals surface area contributed by atoms with Crippen LogP contribution in [0, 0.1) is 0 Å². The van der Waals surface area contributed by atoms with Gasteiger partial charge in [-0.15, -0.1) is 0 Å². The Morgan fingerprint density at radius 3 is 2.32 bits per heavy atom. The lowest BCUT2D eigenvalue weighted by Gasteiger charge is -2.20. The molecule has 2 amide bonds. The van der Waals surface area contributed by atoms with Crippen molar-refractivity contribution in [1.82, 2.24) is 35.1 Å². The van der Waals surface area contributed by atoms with Crippen LogP contribution in [0.1, 0.15) is 28.6 Å². The monoisotopic (exact) mass is 506 g/mol. The Hall–Kier alpha value is -4.79. The zero-order chi connectivity index (χ0) is 26.2. The molecule has 0 bridgehead atoms. The molecular formula is C29H30N8O. The normalized spacial score (nSPS) is 11.0. The quantitative estimate of drug-likeness (QED) is 0.259. The van der Waals surface area contributed by atoms with Crippen LogP contribution < -0.4 is 10.6 Å². The summed E-state index contributed by atoms with van der Waals surface area (Å²) >= 11 is 0. The van der Waals surface area contributed by atoms with Gasteiger partial charge in [-0.05, 0) is 23.3 Å². The maximum atomic E-state index is 12.7. The van der Waals surface area contributed by atoms with E-state index in [1.807, 2.05) is 30.3 Å². The summed E-state index contributed by atoms with van der Waals surface area (Å²) in [4.78, 5) is 35.4. The summed E-state index contributed by atoms with van der Waals surface area (Å²) in [6.07, 6.45) is 4.04. The van der Waals surface area contributed by atoms with E-state index in [4.69, 9.17) is 4.98 Å². The zero-order valence-corrected chi connectivity index (χ0v) is 21.2. The van der Waals surface area contributed by atoms with E-state index in [1.54, 1.807) is 24.5 Å². The van der Waals surface area contributed by atoms with Crippen LogP contribution in [0.25, 0.3) is 11.2 Å². The Morgan fingerprint density at radius 1 is 0.921 bits per heavy atom. The van der Waals surface area contributed by atoms with Crippen LogP contribution >= 0.6 is 0 Å². The molecule has 192 valence electrons. The summed E-state index contributed by atoms with van der Waals surface area (Å²) in [5.41, 5.74) is 4.64. The Morgan fingerprint density at radius 2 is 1.63 bits per heavy atom. The van der Waals surface area contributed by atoms with Crippen molar-refractivity contribution in [1.29, 1.82) is 0 Å². The van der Waals surface area contributed by atoms with Gasteiger partial charge in [0.05, 0.1) is 12.9 Å². The number of H-pyrrole nitrogens is 1. The summed E-state index contributed by atoms with van der Waals surface area (Å²) in [5, 5.41) is 6.41. The molecule has 38 heavy (non-hydrogen) atoms. The number of pyridine rings is 1. The molecule has 0 spiro atoms. The maximum Gasteiger partial charge on any atom is 0.317 e. The highest BCUT2D eigenvalue weighted by Gasteiger charge is 2.17. The van der Waals surface area contributed by atoms with E-state index < -0.39 is 0 Å². The minimum Gasteiger partial charge on any atom is -0.367 e. The lowest BCUT2D eigenvalue weighted by Crippen LogP contribution is -2.38. The molecule has 0 aliphatic heterocycles. The van der Waals surface area contributed by atoms with E-state index in [-0.39, 0.29) is 18.5 Å². The van der Waals surface area contributed by atoms with Gasteiger partial charge in [0, 0.05) is 44.4 Å². The number of aromatic nitrogens is 5. The third-order valence-corrected chi connectivity index (χ3v) is 6.38. The topological polar surface area (TPSA) is 112 Å². The second kappa shape index (κ2) is 12.0. The number of aromatic amines is 1. The number of rotatable bonds is 10. The number of imidazole rings is 1. The van der Waals surface area contributed by atoms with Crippen molar-refractivity contribution in [2.24, 2.45) is 0 Å². The molecule has 0 saturated heterocycles. The lowest BCUT2D eigenvalue weighted by molar-refractivity contribution is 0.208. The second-order valence-electron chi connectivity index (χ2n) is 8.99. The number of nitrogens with zero attached hydrogens (tertiary/aromatic N) is 5. The Bertz CT molecular complexity index is 1420. The van der Waals surface area contributed by atoms with Gasteiger partial charge in [-0.25, -0.2) is 19.7 Å². The highest BCUT2D eigenvalue weighted by molar-refractivity contribution is 5.82. The van der Waals surface area contributed by atoms with Gasteiger partial charge in [0.15, 0.2) is 17.3 Å². The van der Waals surface area contributed by atoms with E-state index in [0.717, 1.165) is 5.69 Å². The number of benzene rings is 2. The first-order chi connectivity index (χ1) is 18.7. The maximum absolute atomic E-state index is 12.7. The molecule has 9 heteroatoms. The van der Waals surface area contributed by atoms with Crippen LogP contribution in [0.15, 0.2) is 91.4 Å². The average Bonchev–Trinajstić information content (AvgIpc) is 3.45. The highest BCUT2D eigenvalue weighted by atomic mass is 16.2. The number of nitrogens with one attached hydrogen (secondary N) is 3. The fraction of sp³-hybridized carbons (Fsp3) is 0.207. The molecule has 3 aromatic heterocycles. The molecule has 0 radical (unpaired) electrons. The molecule has 0 saturated carbocycles. The second-order valence-corrected chi connectivity index (χ2v) is 8.99. The van der Waals surface area contributed by atoms with Crippen molar-refractivity contribution in [3.63, 3.8) is 0 Å². The van der Waals surface area contributed by atoms with Gasteiger partial charge < -0.3 is 20.5 Å². The van der Waals surface area contributed by atoms with Crippen molar-refractivity contribution < 1.29 is 4.79 Å². The first-order valence-corrected chi connectivity index (χ1v) is 12.6. The number of anilines is 1. The number of hydrogen-bond donors (Lipinski definition) is 3. The lowest BCUT2D eigenvalue weighted by atomic mass is 9.91. The van der Waals surface area contributed by atoms with Gasteiger partial charge in [-0.2, -0.15) is 0 Å². The van der Waals surface area contributed by atoms with Crippen LogP contribution in [-0.2, 0) is 13.0 Å². The van der Waals surface area contributed by atoms with E-state index in [0.29, 0.717) is 42.3 Å². The minimum atomic E-state index is -0.197. The van der Waals surface area contributed by atoms with E-state index in [2.05, 4.69) is 79.1 Å². The first-order valence-electron chi connectivity index (χ1n) is 12.6. The Kier molecular flexibility index (Phi) is 7.83. The molecular weight excluding hydrogens is 476 g/mol. The highest BCUT2D eigenvalue weighted by Crippen LogP contribution is 2.26. The van der Waals surface area contributed by atoms with Gasteiger partial charge >= 0.3 is 6.03 Å². The molecule has 0 aliphatic rings. The zero-order valence-electron chi connectivity index (χ0n) is 21.2. The van der Waals surface area contributed by atoms with Crippen LogP contribution in [0.3, 0.4) is 0 Å². The van der Waals surface area contributed by atoms with E-state index in [1.165, 1.54) is 11.1 Å². The predicted octanol–water partition coefficient (Wildman–Crippen LogP) is 4.38. The molecule has 5 rings (SSSR count). The first kappa shape index (κ1) is 24.9. The van der Waals surface area contributed by atoms with Crippen LogP contribution in [0.5, 0.6) is 0 Å². The van der Waals surface area contributed by atoms with Gasteiger partial charge in [0.25, 0.3) is 0 Å². The van der Waals surface area contributed by atoms with Crippen LogP contribution in [0.4, 0.5) is 10.6 Å². The number of amides is 2. The molecule has 2 aromatic carbocycles. The summed E-state index contributed by atoms with van der Waals surface area (Å²) in [7, 11) is 1.76. The fourth-order valence-electron chi connectivity index (χ4n) is 4.30. The molecule has 9 nitrogen and oxygen atoms in total. The van der Waals surface area contributed by atoms with Gasteiger partial charge in [0.1, 0.15) is 5.52 Å². The Balaban J connectivity index is 1.27. The Labute approximate surface area is 221 Å². The third kappa shape index (κ3) is 6.12. The molecule has 5 aromatic rings. The molecule has 0 unspecified atom stereocenters. The molecule has 3 heterocycles. The van der Waals surface area contributed by atoms with Crippen LogP contribution in [-0.4, -0.2) is 56.0 Å². The largest absolute Gasteiger partial charge is 0.367 e. The van der Waals surface area contributed by atoms with Crippen molar-refractivity contribution in [3.05, 3.63) is 114 Å². The smallest absolute Gasteiger partial charge is 0.317 e. The van der Waals surface area contributed by atoms with Crippen LogP contribution in [0.2, 0.25) is 0 Å². The average molecular weight is 507 g/mol. The summed E-state index contributed by atoms with van der Waals surface area (Å²) in [6, 6.07) is 26.4. The molecule has 0 aliphatic carbocycles. The van der Waals surface area contributed by atoms with E-state index in [9.17, 15) is 4.79 Å².